The molecule has 1 saturated heterocycles. The van der Waals surface area contributed by atoms with Crippen LogP contribution in [0.2, 0.25) is 0 Å². The Kier molecular flexibility index (Phi) is 4.66. The highest BCUT2D eigenvalue weighted by molar-refractivity contribution is 5.77. The van der Waals surface area contributed by atoms with E-state index in [0.717, 1.165) is 19.4 Å². The summed E-state index contributed by atoms with van der Waals surface area (Å²) in [6.45, 7) is 2.91. The number of hydrogen-bond donors (Lipinski definition) is 1. The van der Waals surface area contributed by atoms with Crippen molar-refractivity contribution in [3.8, 4) is 0 Å². The molecule has 0 bridgehead atoms. The van der Waals surface area contributed by atoms with E-state index in [4.69, 9.17) is 4.74 Å². The molecule has 7 heteroatoms. The van der Waals surface area contributed by atoms with Gasteiger partial charge in [-0.3, -0.25) is 9.59 Å². The number of ether oxygens (including phenoxy) is 1. The monoisotopic (exact) mass is 316 g/mol. The summed E-state index contributed by atoms with van der Waals surface area (Å²) < 4.78 is 6.79. The Morgan fingerprint density at radius 2 is 2.30 bits per heavy atom. The SMILES string of the molecule is C[C@H](NC(=O)CCn1nnc2ccccc2c1=O)[C@H]1CCCO1. The van der Waals surface area contributed by atoms with Crippen molar-refractivity contribution in [2.45, 2.75) is 44.9 Å². The maximum absolute atomic E-state index is 12.3. The number of aryl methyl sites for hydroxylation is 1. The normalized spacial score (nSPS) is 18.9. The number of hydrogen-bond acceptors (Lipinski definition) is 5. The van der Waals surface area contributed by atoms with E-state index >= 15 is 0 Å². The molecule has 2 atom stereocenters. The summed E-state index contributed by atoms with van der Waals surface area (Å²) >= 11 is 0. The minimum atomic E-state index is -0.226. The molecule has 7 nitrogen and oxygen atoms in total. The van der Waals surface area contributed by atoms with Crippen molar-refractivity contribution in [3.05, 3.63) is 34.6 Å². The van der Waals surface area contributed by atoms with Gasteiger partial charge in [0.1, 0.15) is 5.52 Å². The van der Waals surface area contributed by atoms with Gasteiger partial charge in [-0.1, -0.05) is 17.3 Å². The van der Waals surface area contributed by atoms with Crippen LogP contribution in [0.4, 0.5) is 0 Å². The highest BCUT2D eigenvalue weighted by Gasteiger charge is 2.23. The molecule has 0 radical (unpaired) electrons. The first-order valence-corrected chi connectivity index (χ1v) is 7.88. The number of nitrogens with zero attached hydrogens (tertiary/aromatic N) is 3. The van der Waals surface area contributed by atoms with Crippen molar-refractivity contribution in [1.82, 2.24) is 20.3 Å². The van der Waals surface area contributed by atoms with Gasteiger partial charge < -0.3 is 10.1 Å². The van der Waals surface area contributed by atoms with Crippen LogP contribution in [-0.4, -0.2) is 39.7 Å². The summed E-state index contributed by atoms with van der Waals surface area (Å²) in [6, 6.07) is 7.02. The van der Waals surface area contributed by atoms with Gasteiger partial charge in [0.15, 0.2) is 0 Å². The largest absolute Gasteiger partial charge is 0.376 e. The number of fused-ring (bicyclic) bond motifs is 1. The maximum Gasteiger partial charge on any atom is 0.277 e. The average Bonchev–Trinajstić information content (AvgIpc) is 3.09. The molecule has 2 aromatic rings. The summed E-state index contributed by atoms with van der Waals surface area (Å²) in [6.07, 6.45) is 2.27. The molecule has 1 aromatic carbocycles. The molecule has 1 aromatic heterocycles. The quantitative estimate of drug-likeness (QED) is 0.884. The zero-order valence-corrected chi connectivity index (χ0v) is 13.1. The molecule has 3 rings (SSSR count). The molecule has 1 fully saturated rings. The van der Waals surface area contributed by atoms with E-state index < -0.39 is 0 Å². The maximum atomic E-state index is 12.3. The lowest BCUT2D eigenvalue weighted by Gasteiger charge is -2.19. The molecule has 0 spiro atoms. The van der Waals surface area contributed by atoms with E-state index in [1.165, 1.54) is 4.68 Å². The first kappa shape index (κ1) is 15.6. The number of carbonyl (C=O) groups is 1. The highest BCUT2D eigenvalue weighted by atomic mass is 16.5. The van der Waals surface area contributed by atoms with E-state index in [1.807, 2.05) is 6.92 Å². The molecule has 1 N–H and O–H groups in total. The Balaban J connectivity index is 1.60. The van der Waals surface area contributed by atoms with Gasteiger partial charge in [0.25, 0.3) is 5.56 Å². The molecule has 122 valence electrons. The molecular formula is C16H20N4O3. The topological polar surface area (TPSA) is 86.1 Å². The van der Waals surface area contributed by atoms with Crippen molar-refractivity contribution in [2.24, 2.45) is 0 Å². The van der Waals surface area contributed by atoms with Gasteiger partial charge in [-0.05, 0) is 31.9 Å². The summed E-state index contributed by atoms with van der Waals surface area (Å²) in [4.78, 5) is 24.3. The second-order valence-electron chi connectivity index (χ2n) is 5.79. The second kappa shape index (κ2) is 6.87. The van der Waals surface area contributed by atoms with E-state index in [0.29, 0.717) is 10.9 Å². The number of aromatic nitrogens is 3. The lowest BCUT2D eigenvalue weighted by Crippen LogP contribution is -2.41. The number of nitrogens with one attached hydrogen (secondary N) is 1. The number of carbonyl (C=O) groups excluding carboxylic acids is 1. The smallest absolute Gasteiger partial charge is 0.277 e. The first-order valence-electron chi connectivity index (χ1n) is 7.88. The lowest BCUT2D eigenvalue weighted by atomic mass is 10.1. The molecule has 1 aliphatic rings. The molecule has 0 aliphatic carbocycles. The van der Waals surface area contributed by atoms with Gasteiger partial charge in [-0.15, -0.1) is 5.10 Å². The summed E-state index contributed by atoms with van der Waals surface area (Å²) in [7, 11) is 0. The number of amides is 1. The van der Waals surface area contributed by atoms with E-state index in [-0.39, 0.29) is 36.6 Å². The van der Waals surface area contributed by atoms with Gasteiger partial charge in [-0.25, -0.2) is 4.68 Å². The summed E-state index contributed by atoms with van der Waals surface area (Å²) in [5.74, 6) is -0.116. The number of rotatable bonds is 5. The Morgan fingerprint density at radius 3 is 3.09 bits per heavy atom. The van der Waals surface area contributed by atoms with Crippen molar-refractivity contribution < 1.29 is 9.53 Å². The number of benzene rings is 1. The standard InChI is InChI=1S/C16H20N4O3/c1-11(14-7-4-10-23-14)17-15(21)8-9-20-16(22)12-5-2-3-6-13(12)18-19-20/h2-3,5-6,11,14H,4,7-10H2,1H3,(H,17,21)/t11-,14+/m0/s1. The van der Waals surface area contributed by atoms with Crippen LogP contribution < -0.4 is 10.9 Å². The Labute approximate surface area is 133 Å². The Hall–Kier alpha value is -2.28. The van der Waals surface area contributed by atoms with Crippen molar-refractivity contribution in [2.75, 3.05) is 6.61 Å². The fraction of sp³-hybridized carbons (Fsp3) is 0.500. The minimum absolute atomic E-state index is 0.0237. The molecule has 23 heavy (non-hydrogen) atoms. The zero-order valence-electron chi connectivity index (χ0n) is 13.1. The zero-order chi connectivity index (χ0) is 16.2. The average molecular weight is 316 g/mol. The van der Waals surface area contributed by atoms with Crippen molar-refractivity contribution in [1.29, 1.82) is 0 Å². The molecular weight excluding hydrogens is 296 g/mol. The Morgan fingerprint density at radius 1 is 1.48 bits per heavy atom. The van der Waals surface area contributed by atoms with Gasteiger partial charge in [0, 0.05) is 13.0 Å². The van der Waals surface area contributed by atoms with Crippen LogP contribution in [0, 0.1) is 0 Å². The molecule has 0 unspecified atom stereocenters. The third-order valence-electron chi connectivity index (χ3n) is 4.09. The lowest BCUT2D eigenvalue weighted by molar-refractivity contribution is -0.122. The van der Waals surface area contributed by atoms with E-state index in [2.05, 4.69) is 15.6 Å². The predicted molar refractivity (Wildman–Crippen MR) is 85.0 cm³/mol. The van der Waals surface area contributed by atoms with Crippen LogP contribution >= 0.6 is 0 Å². The summed E-state index contributed by atoms with van der Waals surface area (Å²) in [5, 5.41) is 11.3. The van der Waals surface area contributed by atoms with Gasteiger partial charge in [0.2, 0.25) is 5.91 Å². The Bertz CT molecular complexity index is 752. The van der Waals surface area contributed by atoms with Gasteiger partial charge in [0.05, 0.1) is 24.1 Å². The fourth-order valence-corrected chi connectivity index (χ4v) is 2.79. The molecule has 1 amide bonds. The van der Waals surface area contributed by atoms with E-state index in [9.17, 15) is 9.59 Å². The van der Waals surface area contributed by atoms with Crippen LogP contribution in [0.1, 0.15) is 26.2 Å². The van der Waals surface area contributed by atoms with E-state index in [1.54, 1.807) is 24.3 Å². The first-order chi connectivity index (χ1) is 11.1. The van der Waals surface area contributed by atoms with Crippen LogP contribution in [0.15, 0.2) is 29.1 Å². The second-order valence-corrected chi connectivity index (χ2v) is 5.79. The van der Waals surface area contributed by atoms with Crippen molar-refractivity contribution in [3.63, 3.8) is 0 Å². The predicted octanol–water partition coefficient (Wildman–Crippen LogP) is 0.865. The molecule has 2 heterocycles. The van der Waals surface area contributed by atoms with Gasteiger partial charge in [-0.2, -0.15) is 0 Å². The molecule has 0 saturated carbocycles. The van der Waals surface area contributed by atoms with Crippen LogP contribution in [0.3, 0.4) is 0 Å². The van der Waals surface area contributed by atoms with Gasteiger partial charge >= 0.3 is 0 Å². The molecule has 1 aliphatic heterocycles. The van der Waals surface area contributed by atoms with Crippen LogP contribution in [0.5, 0.6) is 0 Å². The van der Waals surface area contributed by atoms with Crippen LogP contribution in [-0.2, 0) is 16.1 Å². The third kappa shape index (κ3) is 3.56. The minimum Gasteiger partial charge on any atom is -0.376 e. The third-order valence-corrected chi connectivity index (χ3v) is 4.09. The van der Waals surface area contributed by atoms with Crippen molar-refractivity contribution >= 4 is 16.8 Å². The highest BCUT2D eigenvalue weighted by Crippen LogP contribution is 2.15. The summed E-state index contributed by atoms with van der Waals surface area (Å²) in [5.41, 5.74) is 0.334. The van der Waals surface area contributed by atoms with Crippen LogP contribution in [0.25, 0.3) is 10.9 Å². The fourth-order valence-electron chi connectivity index (χ4n) is 2.79.